The van der Waals surface area contributed by atoms with E-state index in [1.165, 1.54) is 5.56 Å². The van der Waals surface area contributed by atoms with E-state index in [0.717, 1.165) is 37.8 Å². The van der Waals surface area contributed by atoms with Crippen molar-refractivity contribution in [1.29, 1.82) is 0 Å². The van der Waals surface area contributed by atoms with Gasteiger partial charge in [-0.15, -0.1) is 0 Å². The number of aryl methyl sites for hydroxylation is 1. The number of Topliss-reactive ketones (excluding diaryl/α,β-unsaturated/α-hetero) is 1. The molecule has 2 nitrogen and oxygen atoms in total. The standard InChI is InChI=1S/C15H21NO/c1-3-5-12-6-8-13(9-7-12)14(17)15(2)10-4-11-16-15/h6-9,16H,3-5,10-11H2,1-2H3. The number of carbonyl (C=O) groups is 1. The van der Waals surface area contributed by atoms with Crippen LogP contribution in [0.3, 0.4) is 0 Å². The number of hydrogen-bond acceptors (Lipinski definition) is 2. The predicted octanol–water partition coefficient (Wildman–Crippen LogP) is 2.96. The molecule has 0 spiro atoms. The monoisotopic (exact) mass is 231 g/mol. The lowest BCUT2D eigenvalue weighted by Gasteiger charge is -2.22. The second-order valence-corrected chi connectivity index (χ2v) is 5.14. The van der Waals surface area contributed by atoms with Gasteiger partial charge in [-0.2, -0.15) is 0 Å². The molecule has 1 unspecified atom stereocenters. The summed E-state index contributed by atoms with van der Waals surface area (Å²) >= 11 is 0. The number of benzene rings is 1. The maximum atomic E-state index is 12.4. The first kappa shape index (κ1) is 12.3. The topological polar surface area (TPSA) is 29.1 Å². The van der Waals surface area contributed by atoms with Gasteiger partial charge in [0.05, 0.1) is 5.54 Å². The highest BCUT2D eigenvalue weighted by Crippen LogP contribution is 2.23. The summed E-state index contributed by atoms with van der Waals surface area (Å²) < 4.78 is 0. The molecule has 0 amide bonds. The third kappa shape index (κ3) is 2.58. The average molecular weight is 231 g/mol. The minimum atomic E-state index is -0.341. The van der Waals surface area contributed by atoms with Crippen LogP contribution in [0, 0.1) is 0 Å². The van der Waals surface area contributed by atoms with Crippen LogP contribution >= 0.6 is 0 Å². The Morgan fingerprint density at radius 1 is 1.35 bits per heavy atom. The van der Waals surface area contributed by atoms with E-state index in [4.69, 9.17) is 0 Å². The van der Waals surface area contributed by atoms with Gasteiger partial charge in [0, 0.05) is 5.56 Å². The third-order valence-corrected chi connectivity index (χ3v) is 3.62. The van der Waals surface area contributed by atoms with Gasteiger partial charge in [0.1, 0.15) is 0 Å². The second kappa shape index (κ2) is 5.01. The Morgan fingerprint density at radius 3 is 2.59 bits per heavy atom. The zero-order chi connectivity index (χ0) is 12.3. The molecule has 17 heavy (non-hydrogen) atoms. The molecule has 0 aliphatic carbocycles. The predicted molar refractivity (Wildman–Crippen MR) is 70.4 cm³/mol. The van der Waals surface area contributed by atoms with Crippen molar-refractivity contribution >= 4 is 5.78 Å². The Bertz CT molecular complexity index is 388. The van der Waals surface area contributed by atoms with E-state index in [1.807, 2.05) is 19.1 Å². The lowest BCUT2D eigenvalue weighted by molar-refractivity contribution is 0.0884. The van der Waals surface area contributed by atoms with Crippen molar-refractivity contribution in [3.05, 3.63) is 35.4 Å². The molecule has 1 fully saturated rings. The quantitative estimate of drug-likeness (QED) is 0.807. The van der Waals surface area contributed by atoms with Crippen LogP contribution in [-0.2, 0) is 6.42 Å². The minimum Gasteiger partial charge on any atom is -0.305 e. The molecule has 1 saturated heterocycles. The minimum absolute atomic E-state index is 0.234. The molecular formula is C15H21NO. The van der Waals surface area contributed by atoms with Gasteiger partial charge in [0.25, 0.3) is 0 Å². The Morgan fingerprint density at radius 2 is 2.06 bits per heavy atom. The first-order chi connectivity index (χ1) is 8.15. The third-order valence-electron chi connectivity index (χ3n) is 3.62. The van der Waals surface area contributed by atoms with Gasteiger partial charge >= 0.3 is 0 Å². The van der Waals surface area contributed by atoms with Gasteiger partial charge in [-0.3, -0.25) is 4.79 Å². The molecule has 1 aliphatic heterocycles. The first-order valence-electron chi connectivity index (χ1n) is 6.54. The highest BCUT2D eigenvalue weighted by atomic mass is 16.1. The fourth-order valence-electron chi connectivity index (χ4n) is 2.52. The van der Waals surface area contributed by atoms with Crippen LogP contribution in [0.2, 0.25) is 0 Å². The maximum absolute atomic E-state index is 12.4. The first-order valence-corrected chi connectivity index (χ1v) is 6.54. The van der Waals surface area contributed by atoms with Crippen LogP contribution in [0.5, 0.6) is 0 Å². The zero-order valence-electron chi connectivity index (χ0n) is 10.8. The molecule has 2 rings (SSSR count). The Labute approximate surface area is 103 Å². The van der Waals surface area contributed by atoms with Gasteiger partial charge in [0.2, 0.25) is 0 Å². The molecule has 92 valence electrons. The van der Waals surface area contributed by atoms with Crippen molar-refractivity contribution in [3.8, 4) is 0 Å². The average Bonchev–Trinajstić information content (AvgIpc) is 2.78. The summed E-state index contributed by atoms with van der Waals surface area (Å²) in [5.41, 5.74) is 1.81. The van der Waals surface area contributed by atoms with Gasteiger partial charge in [-0.1, -0.05) is 37.6 Å². The molecule has 0 bridgehead atoms. The number of rotatable bonds is 4. The molecular weight excluding hydrogens is 210 g/mol. The van der Waals surface area contributed by atoms with E-state index < -0.39 is 0 Å². The van der Waals surface area contributed by atoms with E-state index in [2.05, 4.69) is 24.4 Å². The highest BCUT2D eigenvalue weighted by molar-refractivity contribution is 6.03. The van der Waals surface area contributed by atoms with Gasteiger partial charge in [-0.25, -0.2) is 0 Å². The smallest absolute Gasteiger partial charge is 0.182 e. The van der Waals surface area contributed by atoms with Crippen molar-refractivity contribution in [2.75, 3.05) is 6.54 Å². The van der Waals surface area contributed by atoms with E-state index in [0.29, 0.717) is 0 Å². The van der Waals surface area contributed by atoms with E-state index in [-0.39, 0.29) is 11.3 Å². The molecule has 1 N–H and O–H groups in total. The summed E-state index contributed by atoms with van der Waals surface area (Å²) in [5.74, 6) is 0.234. The lowest BCUT2D eigenvalue weighted by Crippen LogP contribution is -2.44. The summed E-state index contributed by atoms with van der Waals surface area (Å²) in [5, 5.41) is 3.32. The van der Waals surface area contributed by atoms with Crippen LogP contribution in [0.25, 0.3) is 0 Å². The van der Waals surface area contributed by atoms with Crippen LogP contribution in [0.1, 0.15) is 49.0 Å². The van der Waals surface area contributed by atoms with Crippen LogP contribution in [0.15, 0.2) is 24.3 Å². The number of hydrogen-bond donors (Lipinski definition) is 1. The highest BCUT2D eigenvalue weighted by Gasteiger charge is 2.36. The number of ketones is 1. The van der Waals surface area contributed by atoms with E-state index in [1.54, 1.807) is 0 Å². The molecule has 0 aromatic heterocycles. The van der Waals surface area contributed by atoms with Crippen LogP contribution < -0.4 is 5.32 Å². The normalized spacial score (nSPS) is 23.9. The Hall–Kier alpha value is -1.15. The summed E-state index contributed by atoms with van der Waals surface area (Å²) in [6.07, 6.45) is 4.27. The lowest BCUT2D eigenvalue weighted by atomic mass is 9.89. The van der Waals surface area contributed by atoms with Crippen LogP contribution in [0.4, 0.5) is 0 Å². The summed E-state index contributed by atoms with van der Waals surface area (Å²) in [6.45, 7) is 5.14. The van der Waals surface area contributed by atoms with Gasteiger partial charge < -0.3 is 5.32 Å². The molecule has 2 heteroatoms. The number of nitrogens with one attached hydrogen (secondary N) is 1. The van der Waals surface area contributed by atoms with Crippen molar-refractivity contribution in [1.82, 2.24) is 5.32 Å². The molecule has 0 radical (unpaired) electrons. The van der Waals surface area contributed by atoms with Crippen molar-refractivity contribution < 1.29 is 4.79 Å². The molecule has 1 aliphatic rings. The van der Waals surface area contributed by atoms with Crippen molar-refractivity contribution in [3.63, 3.8) is 0 Å². The Balaban J connectivity index is 2.14. The molecule has 1 aromatic rings. The fraction of sp³-hybridized carbons (Fsp3) is 0.533. The Kier molecular flexibility index (Phi) is 3.63. The molecule has 1 atom stereocenters. The van der Waals surface area contributed by atoms with Crippen molar-refractivity contribution in [2.24, 2.45) is 0 Å². The molecule has 1 aromatic carbocycles. The summed E-state index contributed by atoms with van der Waals surface area (Å²) in [4.78, 5) is 12.4. The fourth-order valence-corrected chi connectivity index (χ4v) is 2.52. The van der Waals surface area contributed by atoms with Crippen LogP contribution in [-0.4, -0.2) is 17.9 Å². The zero-order valence-corrected chi connectivity index (χ0v) is 10.8. The SMILES string of the molecule is CCCc1ccc(C(=O)C2(C)CCCN2)cc1. The van der Waals surface area contributed by atoms with Gasteiger partial charge in [0.15, 0.2) is 5.78 Å². The summed E-state index contributed by atoms with van der Waals surface area (Å²) in [7, 11) is 0. The summed E-state index contributed by atoms with van der Waals surface area (Å²) in [6, 6.07) is 8.10. The van der Waals surface area contributed by atoms with E-state index >= 15 is 0 Å². The van der Waals surface area contributed by atoms with E-state index in [9.17, 15) is 4.79 Å². The maximum Gasteiger partial charge on any atom is 0.182 e. The van der Waals surface area contributed by atoms with Gasteiger partial charge in [-0.05, 0) is 38.3 Å². The molecule has 0 saturated carbocycles. The largest absolute Gasteiger partial charge is 0.305 e. The molecule has 1 heterocycles. The number of carbonyl (C=O) groups excluding carboxylic acids is 1. The second-order valence-electron chi connectivity index (χ2n) is 5.14. The van der Waals surface area contributed by atoms with Crippen molar-refractivity contribution in [2.45, 2.75) is 45.1 Å².